The van der Waals surface area contributed by atoms with Crippen molar-refractivity contribution in [1.82, 2.24) is 20.2 Å². The van der Waals surface area contributed by atoms with Crippen LogP contribution in [0.1, 0.15) is 6.92 Å². The molecule has 4 aromatic rings. The van der Waals surface area contributed by atoms with E-state index in [1.807, 2.05) is 61.5 Å². The van der Waals surface area contributed by atoms with Gasteiger partial charge >= 0.3 is 0 Å². The average molecular weight is 410 g/mol. The number of nitrogens with one attached hydrogen (secondary N) is 1. The minimum absolute atomic E-state index is 0.119. The molecule has 0 fully saturated rings. The molecule has 1 heterocycles. The summed E-state index contributed by atoms with van der Waals surface area (Å²) in [5.41, 5.74) is 1.56. The van der Waals surface area contributed by atoms with Crippen LogP contribution in [0.4, 0.5) is 5.69 Å². The molecule has 28 heavy (non-hydrogen) atoms. The summed E-state index contributed by atoms with van der Waals surface area (Å²) in [7, 11) is 0. The standard InChI is InChI=1S/C20H16ClN5OS/c1-13(19(27)22-18-8-4-6-14-5-2-3-7-17(14)18)28-20-23-24-25-26(20)16-11-9-15(21)10-12-16/h2-13H,1H3,(H,22,27)/t13-/m1/s1. The Balaban J connectivity index is 1.51. The van der Waals surface area contributed by atoms with Crippen LogP contribution < -0.4 is 5.32 Å². The van der Waals surface area contributed by atoms with Gasteiger partial charge in [-0.1, -0.05) is 59.8 Å². The van der Waals surface area contributed by atoms with Crippen molar-refractivity contribution >= 4 is 45.7 Å². The quantitative estimate of drug-likeness (QED) is 0.488. The second-order valence-corrected chi connectivity index (χ2v) is 7.87. The van der Waals surface area contributed by atoms with Crippen LogP contribution in [0.15, 0.2) is 71.9 Å². The van der Waals surface area contributed by atoms with Crippen LogP contribution in [-0.2, 0) is 4.79 Å². The van der Waals surface area contributed by atoms with Crippen LogP contribution in [0, 0.1) is 0 Å². The number of benzene rings is 3. The van der Waals surface area contributed by atoms with E-state index in [4.69, 9.17) is 11.6 Å². The number of fused-ring (bicyclic) bond motifs is 1. The third kappa shape index (κ3) is 3.85. The first-order valence-electron chi connectivity index (χ1n) is 8.61. The van der Waals surface area contributed by atoms with E-state index in [0.717, 1.165) is 22.1 Å². The molecule has 0 saturated carbocycles. The van der Waals surface area contributed by atoms with Gasteiger partial charge in [-0.25, -0.2) is 0 Å². The number of rotatable bonds is 5. The number of amides is 1. The minimum Gasteiger partial charge on any atom is -0.325 e. The van der Waals surface area contributed by atoms with Gasteiger partial charge in [-0.3, -0.25) is 4.79 Å². The van der Waals surface area contributed by atoms with Crippen molar-refractivity contribution in [2.24, 2.45) is 0 Å². The molecule has 0 saturated heterocycles. The number of thioether (sulfide) groups is 1. The fourth-order valence-electron chi connectivity index (χ4n) is 2.78. The Labute approximate surface area is 170 Å². The zero-order valence-corrected chi connectivity index (χ0v) is 16.5. The number of anilines is 1. The molecular formula is C20H16ClN5OS. The van der Waals surface area contributed by atoms with Crippen molar-refractivity contribution in [3.05, 3.63) is 71.8 Å². The molecule has 3 aromatic carbocycles. The van der Waals surface area contributed by atoms with E-state index in [1.165, 1.54) is 11.8 Å². The molecule has 1 amide bonds. The Morgan fingerprint density at radius 3 is 2.64 bits per heavy atom. The highest BCUT2D eigenvalue weighted by molar-refractivity contribution is 8.00. The number of carbonyl (C=O) groups is 1. The monoisotopic (exact) mass is 409 g/mol. The van der Waals surface area contributed by atoms with E-state index in [-0.39, 0.29) is 5.91 Å². The van der Waals surface area contributed by atoms with E-state index in [9.17, 15) is 4.79 Å². The van der Waals surface area contributed by atoms with Crippen LogP contribution in [0.5, 0.6) is 0 Å². The molecule has 1 N–H and O–H groups in total. The topological polar surface area (TPSA) is 72.7 Å². The summed E-state index contributed by atoms with van der Waals surface area (Å²) in [5.74, 6) is -0.119. The number of nitrogens with zero attached hydrogens (tertiary/aromatic N) is 4. The maximum absolute atomic E-state index is 12.7. The van der Waals surface area contributed by atoms with Crippen LogP contribution in [0.25, 0.3) is 16.5 Å². The molecule has 8 heteroatoms. The van der Waals surface area contributed by atoms with E-state index >= 15 is 0 Å². The van der Waals surface area contributed by atoms with Gasteiger partial charge in [0.25, 0.3) is 0 Å². The molecule has 4 rings (SSSR count). The van der Waals surface area contributed by atoms with Crippen molar-refractivity contribution < 1.29 is 4.79 Å². The van der Waals surface area contributed by atoms with Gasteiger partial charge in [0.1, 0.15) is 0 Å². The highest BCUT2D eigenvalue weighted by Crippen LogP contribution is 2.27. The normalized spacial score (nSPS) is 12.1. The largest absolute Gasteiger partial charge is 0.325 e. The predicted molar refractivity (Wildman–Crippen MR) is 112 cm³/mol. The third-order valence-electron chi connectivity index (χ3n) is 4.21. The Hall–Kier alpha value is -2.90. The van der Waals surface area contributed by atoms with Gasteiger partial charge in [0, 0.05) is 16.1 Å². The molecule has 0 aliphatic rings. The smallest absolute Gasteiger partial charge is 0.237 e. The number of carbonyl (C=O) groups excluding carboxylic acids is 1. The predicted octanol–water partition coefficient (Wildman–Crippen LogP) is 4.59. The first-order valence-corrected chi connectivity index (χ1v) is 9.87. The van der Waals surface area contributed by atoms with Crippen LogP contribution in [0.3, 0.4) is 0 Å². The van der Waals surface area contributed by atoms with Crippen molar-refractivity contribution in [1.29, 1.82) is 0 Å². The second kappa shape index (κ2) is 8.00. The van der Waals surface area contributed by atoms with Gasteiger partial charge < -0.3 is 5.32 Å². The number of aromatic nitrogens is 4. The molecular weight excluding hydrogens is 394 g/mol. The minimum atomic E-state index is -0.393. The average Bonchev–Trinajstić information content (AvgIpc) is 3.17. The zero-order chi connectivity index (χ0) is 19.5. The summed E-state index contributed by atoms with van der Waals surface area (Å²) in [4.78, 5) is 12.7. The lowest BCUT2D eigenvalue weighted by Gasteiger charge is -2.13. The van der Waals surface area contributed by atoms with Crippen LogP contribution >= 0.6 is 23.4 Å². The van der Waals surface area contributed by atoms with Crippen LogP contribution in [0.2, 0.25) is 5.02 Å². The number of tetrazole rings is 1. The third-order valence-corrected chi connectivity index (χ3v) is 5.50. The summed E-state index contributed by atoms with van der Waals surface area (Å²) in [6.07, 6.45) is 0. The van der Waals surface area contributed by atoms with E-state index in [0.29, 0.717) is 10.2 Å². The van der Waals surface area contributed by atoms with Gasteiger partial charge in [0.15, 0.2) is 0 Å². The molecule has 6 nitrogen and oxygen atoms in total. The summed E-state index contributed by atoms with van der Waals surface area (Å²) in [6, 6.07) is 21.0. The van der Waals surface area contributed by atoms with E-state index in [1.54, 1.807) is 16.8 Å². The van der Waals surface area contributed by atoms with Gasteiger partial charge in [-0.2, -0.15) is 4.68 Å². The van der Waals surface area contributed by atoms with Gasteiger partial charge in [0.2, 0.25) is 11.1 Å². The Morgan fingerprint density at radius 2 is 1.82 bits per heavy atom. The fourth-order valence-corrected chi connectivity index (χ4v) is 3.71. The number of hydrogen-bond donors (Lipinski definition) is 1. The highest BCUT2D eigenvalue weighted by Gasteiger charge is 2.20. The van der Waals surface area contributed by atoms with E-state index < -0.39 is 5.25 Å². The second-order valence-electron chi connectivity index (χ2n) is 6.13. The lowest BCUT2D eigenvalue weighted by atomic mass is 10.1. The lowest BCUT2D eigenvalue weighted by molar-refractivity contribution is -0.115. The van der Waals surface area contributed by atoms with Crippen molar-refractivity contribution in [3.63, 3.8) is 0 Å². The van der Waals surface area contributed by atoms with Crippen molar-refractivity contribution in [2.45, 2.75) is 17.3 Å². The van der Waals surface area contributed by atoms with Gasteiger partial charge in [-0.15, -0.1) is 5.10 Å². The molecule has 0 radical (unpaired) electrons. The summed E-state index contributed by atoms with van der Waals surface area (Å²) in [6.45, 7) is 1.83. The molecule has 0 bridgehead atoms. The Morgan fingerprint density at radius 1 is 1.07 bits per heavy atom. The molecule has 0 spiro atoms. The first kappa shape index (κ1) is 18.5. The maximum atomic E-state index is 12.7. The summed E-state index contributed by atoms with van der Waals surface area (Å²) >= 11 is 7.23. The SMILES string of the molecule is C[C@@H](Sc1nnnn1-c1ccc(Cl)cc1)C(=O)Nc1cccc2ccccc12. The number of hydrogen-bond acceptors (Lipinski definition) is 5. The molecule has 1 atom stereocenters. The van der Waals surface area contributed by atoms with Gasteiger partial charge in [0.05, 0.1) is 10.9 Å². The maximum Gasteiger partial charge on any atom is 0.237 e. The zero-order valence-electron chi connectivity index (χ0n) is 14.9. The Bertz CT molecular complexity index is 1120. The molecule has 0 unspecified atom stereocenters. The molecule has 1 aromatic heterocycles. The first-order chi connectivity index (χ1) is 13.6. The molecule has 140 valence electrons. The van der Waals surface area contributed by atoms with Crippen molar-refractivity contribution in [3.8, 4) is 5.69 Å². The molecule has 0 aliphatic heterocycles. The van der Waals surface area contributed by atoms with Crippen molar-refractivity contribution in [2.75, 3.05) is 5.32 Å². The highest BCUT2D eigenvalue weighted by atomic mass is 35.5. The van der Waals surface area contributed by atoms with Gasteiger partial charge in [-0.05, 0) is 53.1 Å². The van der Waals surface area contributed by atoms with Crippen LogP contribution in [-0.4, -0.2) is 31.4 Å². The Kier molecular flexibility index (Phi) is 5.27. The molecule has 0 aliphatic carbocycles. The number of halogens is 1. The van der Waals surface area contributed by atoms with E-state index in [2.05, 4.69) is 20.8 Å². The fraction of sp³-hybridized carbons (Fsp3) is 0.100. The summed E-state index contributed by atoms with van der Waals surface area (Å²) < 4.78 is 1.59. The summed E-state index contributed by atoms with van der Waals surface area (Å²) in [5, 5.41) is 17.7. The lowest BCUT2D eigenvalue weighted by Crippen LogP contribution is -2.23.